The molecule has 1 aromatic rings. The molecule has 0 heterocycles. The van der Waals surface area contributed by atoms with Gasteiger partial charge in [-0.3, -0.25) is 4.79 Å². The normalized spacial score (nSPS) is 9.00. The van der Waals surface area contributed by atoms with Crippen molar-refractivity contribution in [1.29, 1.82) is 0 Å². The Balaban J connectivity index is 0.000000673. The van der Waals surface area contributed by atoms with Gasteiger partial charge in [-0.05, 0) is 17.7 Å². The third-order valence-corrected chi connectivity index (χ3v) is 1.50. The molecule has 1 rings (SSSR count). The maximum absolute atomic E-state index is 10.6. The van der Waals surface area contributed by atoms with Gasteiger partial charge < -0.3 is 9.47 Å². The Morgan fingerprint density at radius 3 is 2.06 bits per heavy atom. The topological polar surface area (TPSA) is 35.5 Å². The van der Waals surface area contributed by atoms with Crippen molar-refractivity contribution in [2.75, 3.05) is 7.11 Å². The number of hydrogen-bond acceptors (Lipinski definition) is 3. The molecule has 0 saturated carbocycles. The fourth-order valence-electron chi connectivity index (χ4n) is 0.986. The Bertz CT molecular complexity index is 291. The highest BCUT2D eigenvalue weighted by Gasteiger charge is 1.97. The molecule has 90 valence electrons. The highest BCUT2D eigenvalue weighted by Crippen LogP contribution is 2.12. The molecule has 0 saturated heterocycles. The number of carbonyl (C=O) groups is 1. The van der Waals surface area contributed by atoms with Crippen LogP contribution in [0.3, 0.4) is 0 Å². The average molecular weight is 224 g/mol. The Morgan fingerprint density at radius 2 is 1.69 bits per heavy atom. The van der Waals surface area contributed by atoms with Crippen molar-refractivity contribution in [2.45, 2.75) is 33.8 Å². The van der Waals surface area contributed by atoms with Crippen molar-refractivity contribution >= 4 is 5.97 Å². The molecule has 1 aromatic carbocycles. The lowest BCUT2D eigenvalue weighted by molar-refractivity contribution is -0.131. The van der Waals surface area contributed by atoms with Crippen LogP contribution in [0, 0.1) is 0 Å². The molecule has 16 heavy (non-hydrogen) atoms. The van der Waals surface area contributed by atoms with Crippen LogP contribution in [0.2, 0.25) is 0 Å². The van der Waals surface area contributed by atoms with Crippen LogP contribution in [0.15, 0.2) is 24.3 Å². The summed E-state index contributed by atoms with van der Waals surface area (Å²) < 4.78 is 9.81. The van der Waals surface area contributed by atoms with E-state index in [4.69, 9.17) is 9.47 Å². The second-order valence-electron chi connectivity index (χ2n) is 3.38. The van der Waals surface area contributed by atoms with E-state index in [2.05, 4.69) is 13.8 Å². The molecule has 0 radical (unpaired) electrons. The summed E-state index contributed by atoms with van der Waals surface area (Å²) in [5.41, 5.74) is 1.05. The number of ether oxygens (including phenoxy) is 2. The molecule has 0 aliphatic heterocycles. The molecular formula is C13H20O3. The van der Waals surface area contributed by atoms with E-state index >= 15 is 0 Å². The number of esters is 1. The van der Waals surface area contributed by atoms with Gasteiger partial charge in [0.2, 0.25) is 0 Å². The zero-order chi connectivity index (χ0) is 12.4. The van der Waals surface area contributed by atoms with Crippen LogP contribution in [0.1, 0.15) is 32.8 Å². The SMILES string of the molecule is CCC.COCc1ccc(OC(C)=O)cc1. The second kappa shape index (κ2) is 8.92. The van der Waals surface area contributed by atoms with Gasteiger partial charge in [0.15, 0.2) is 0 Å². The molecule has 0 fully saturated rings. The minimum absolute atomic E-state index is 0.306. The van der Waals surface area contributed by atoms with Gasteiger partial charge in [0.05, 0.1) is 6.61 Å². The summed E-state index contributed by atoms with van der Waals surface area (Å²) in [6.07, 6.45) is 1.25. The summed E-state index contributed by atoms with van der Waals surface area (Å²) in [6.45, 7) is 6.20. The fourth-order valence-corrected chi connectivity index (χ4v) is 0.986. The average Bonchev–Trinajstić information content (AvgIpc) is 2.22. The van der Waals surface area contributed by atoms with Gasteiger partial charge >= 0.3 is 5.97 Å². The van der Waals surface area contributed by atoms with E-state index in [1.165, 1.54) is 13.3 Å². The molecule has 3 heteroatoms. The predicted octanol–water partition coefficient (Wildman–Crippen LogP) is 3.17. The van der Waals surface area contributed by atoms with Crippen molar-refractivity contribution in [3.05, 3.63) is 29.8 Å². The molecule has 3 nitrogen and oxygen atoms in total. The van der Waals surface area contributed by atoms with E-state index in [1.54, 1.807) is 19.2 Å². The lowest BCUT2D eigenvalue weighted by atomic mass is 10.2. The number of rotatable bonds is 3. The first-order valence-electron chi connectivity index (χ1n) is 5.40. The Morgan fingerprint density at radius 1 is 1.19 bits per heavy atom. The van der Waals surface area contributed by atoms with Gasteiger partial charge in [-0.2, -0.15) is 0 Å². The van der Waals surface area contributed by atoms with Crippen molar-refractivity contribution in [2.24, 2.45) is 0 Å². The summed E-state index contributed by atoms with van der Waals surface area (Å²) >= 11 is 0. The van der Waals surface area contributed by atoms with Crippen molar-refractivity contribution in [3.63, 3.8) is 0 Å². The van der Waals surface area contributed by atoms with Crippen LogP contribution in [0.4, 0.5) is 0 Å². The van der Waals surface area contributed by atoms with Crippen molar-refractivity contribution in [3.8, 4) is 5.75 Å². The smallest absolute Gasteiger partial charge is 0.308 e. The third kappa shape index (κ3) is 7.01. The fraction of sp³-hybridized carbons (Fsp3) is 0.462. The number of hydrogen-bond donors (Lipinski definition) is 0. The van der Waals surface area contributed by atoms with E-state index in [0.717, 1.165) is 5.56 Å². The number of benzene rings is 1. The molecule has 0 spiro atoms. The minimum atomic E-state index is -0.306. The Kier molecular flexibility index (Phi) is 8.17. The van der Waals surface area contributed by atoms with Gasteiger partial charge in [0, 0.05) is 14.0 Å². The van der Waals surface area contributed by atoms with E-state index in [0.29, 0.717) is 12.4 Å². The van der Waals surface area contributed by atoms with E-state index in [1.807, 2.05) is 12.1 Å². The van der Waals surface area contributed by atoms with Gasteiger partial charge in [-0.15, -0.1) is 0 Å². The first-order valence-corrected chi connectivity index (χ1v) is 5.40. The third-order valence-electron chi connectivity index (χ3n) is 1.50. The van der Waals surface area contributed by atoms with E-state index < -0.39 is 0 Å². The molecule has 0 aromatic heterocycles. The summed E-state index contributed by atoms with van der Waals surface area (Å²) in [7, 11) is 1.64. The zero-order valence-corrected chi connectivity index (χ0v) is 10.4. The molecule has 0 bridgehead atoms. The molecule has 0 N–H and O–H groups in total. The molecule has 0 amide bonds. The van der Waals surface area contributed by atoms with Gasteiger partial charge in [0.1, 0.15) is 5.75 Å². The maximum Gasteiger partial charge on any atom is 0.308 e. The molecule has 0 unspecified atom stereocenters. The number of methoxy groups -OCH3 is 1. The summed E-state index contributed by atoms with van der Waals surface area (Å²) in [6, 6.07) is 7.22. The Labute approximate surface area is 97.4 Å². The molecule has 0 atom stereocenters. The van der Waals surface area contributed by atoms with Crippen molar-refractivity contribution in [1.82, 2.24) is 0 Å². The first-order chi connectivity index (χ1) is 7.63. The summed E-state index contributed by atoms with van der Waals surface area (Å²) in [5.74, 6) is 0.256. The monoisotopic (exact) mass is 224 g/mol. The Hall–Kier alpha value is -1.35. The quantitative estimate of drug-likeness (QED) is 0.584. The van der Waals surface area contributed by atoms with Crippen LogP contribution in [-0.2, 0) is 16.1 Å². The lowest BCUT2D eigenvalue weighted by Gasteiger charge is -2.02. The highest BCUT2D eigenvalue weighted by atomic mass is 16.5. The van der Waals surface area contributed by atoms with E-state index in [-0.39, 0.29) is 5.97 Å². The van der Waals surface area contributed by atoms with E-state index in [9.17, 15) is 4.79 Å². The molecule has 0 aliphatic carbocycles. The highest BCUT2D eigenvalue weighted by molar-refractivity contribution is 5.69. The molecule has 0 aliphatic rings. The number of carbonyl (C=O) groups excluding carboxylic acids is 1. The van der Waals surface area contributed by atoms with Gasteiger partial charge in [0.25, 0.3) is 0 Å². The maximum atomic E-state index is 10.6. The largest absolute Gasteiger partial charge is 0.427 e. The second-order valence-corrected chi connectivity index (χ2v) is 3.38. The van der Waals surface area contributed by atoms with Crippen LogP contribution in [0.25, 0.3) is 0 Å². The van der Waals surface area contributed by atoms with Gasteiger partial charge in [-0.25, -0.2) is 0 Å². The summed E-state index contributed by atoms with van der Waals surface area (Å²) in [4.78, 5) is 10.6. The van der Waals surface area contributed by atoms with Crippen molar-refractivity contribution < 1.29 is 14.3 Å². The minimum Gasteiger partial charge on any atom is -0.427 e. The van der Waals surface area contributed by atoms with Gasteiger partial charge in [-0.1, -0.05) is 32.4 Å². The predicted molar refractivity (Wildman–Crippen MR) is 64.4 cm³/mol. The lowest BCUT2D eigenvalue weighted by Crippen LogP contribution is -2.01. The first kappa shape index (κ1) is 14.6. The molecular weight excluding hydrogens is 204 g/mol. The zero-order valence-electron chi connectivity index (χ0n) is 10.4. The van der Waals surface area contributed by atoms with Crippen LogP contribution in [0.5, 0.6) is 5.75 Å². The van der Waals surface area contributed by atoms with Crippen LogP contribution in [-0.4, -0.2) is 13.1 Å². The van der Waals surface area contributed by atoms with Crippen LogP contribution >= 0.6 is 0 Å². The van der Waals surface area contributed by atoms with Crippen LogP contribution < -0.4 is 4.74 Å². The standard InChI is InChI=1S/C10H12O3.C3H8/c1-8(11)13-10-5-3-9(4-6-10)7-12-2;1-3-2/h3-6H,7H2,1-2H3;3H2,1-2H3. The summed E-state index contributed by atoms with van der Waals surface area (Å²) in [5, 5.41) is 0.